The van der Waals surface area contributed by atoms with Gasteiger partial charge in [-0.15, -0.1) is 0 Å². The van der Waals surface area contributed by atoms with Crippen LogP contribution in [0.25, 0.3) is 0 Å². The fourth-order valence-corrected chi connectivity index (χ4v) is 0.788. The predicted octanol–water partition coefficient (Wildman–Crippen LogP) is 1.97. The number of ether oxygens (including phenoxy) is 1. The summed E-state index contributed by atoms with van der Waals surface area (Å²) in [6.07, 6.45) is 3.31. The van der Waals surface area contributed by atoms with Crippen molar-refractivity contribution in [1.29, 1.82) is 0 Å². The molecule has 0 aromatic carbocycles. The van der Waals surface area contributed by atoms with E-state index in [2.05, 4.69) is 4.98 Å². The van der Waals surface area contributed by atoms with Gasteiger partial charge in [0.2, 0.25) is 0 Å². The summed E-state index contributed by atoms with van der Waals surface area (Å²) in [4.78, 5) is 14.1. The van der Waals surface area contributed by atoms with Gasteiger partial charge in [0, 0.05) is 12.4 Å². The second-order valence-corrected chi connectivity index (χ2v) is 3.60. The first-order valence-corrected chi connectivity index (χ1v) is 3.85. The maximum absolute atomic E-state index is 11.3. The van der Waals surface area contributed by atoms with E-state index in [1.807, 2.05) is 20.8 Å². The smallest absolute Gasteiger partial charge is 0.340 e. The van der Waals surface area contributed by atoms with Crippen LogP contribution in [0.2, 0.25) is 0 Å². The van der Waals surface area contributed by atoms with Crippen LogP contribution in [0.1, 0.15) is 31.1 Å². The molecule has 1 rings (SSSR count). The molecule has 0 saturated carbocycles. The van der Waals surface area contributed by atoms with Gasteiger partial charge >= 0.3 is 5.97 Å². The molecule has 0 saturated heterocycles. The van der Waals surface area contributed by atoms with Crippen molar-refractivity contribution < 1.29 is 9.53 Å². The molecule has 0 fully saturated rings. The Morgan fingerprint density at radius 1 is 1.50 bits per heavy atom. The van der Waals surface area contributed by atoms with E-state index in [-0.39, 0.29) is 5.97 Å². The van der Waals surface area contributed by atoms with Crippen LogP contribution in [-0.2, 0) is 4.74 Å². The Morgan fingerprint density at radius 2 is 2.17 bits per heavy atom. The lowest BCUT2D eigenvalue weighted by Gasteiger charge is -2.18. The highest BCUT2D eigenvalue weighted by Gasteiger charge is 2.17. The first kappa shape index (κ1) is 8.84. The minimum absolute atomic E-state index is 0.288. The fourth-order valence-electron chi connectivity index (χ4n) is 0.788. The van der Waals surface area contributed by atoms with E-state index >= 15 is 0 Å². The number of esters is 1. The molecule has 0 radical (unpaired) electrons. The predicted molar refractivity (Wildman–Crippen MR) is 46.0 cm³/mol. The second kappa shape index (κ2) is 3.01. The van der Waals surface area contributed by atoms with Gasteiger partial charge in [-0.05, 0) is 26.8 Å². The minimum Gasteiger partial charge on any atom is -0.456 e. The number of nitrogens with one attached hydrogen (secondary N) is 1. The highest BCUT2D eigenvalue weighted by molar-refractivity contribution is 5.89. The van der Waals surface area contributed by atoms with Crippen molar-refractivity contribution >= 4 is 5.97 Å². The van der Waals surface area contributed by atoms with Crippen molar-refractivity contribution in [2.45, 2.75) is 26.4 Å². The Hall–Kier alpha value is -1.25. The lowest BCUT2D eigenvalue weighted by molar-refractivity contribution is 0.00698. The maximum atomic E-state index is 11.3. The molecule has 1 aromatic heterocycles. The summed E-state index contributed by atoms with van der Waals surface area (Å²) in [5, 5.41) is 0. The van der Waals surface area contributed by atoms with Gasteiger partial charge in [-0.1, -0.05) is 0 Å². The van der Waals surface area contributed by atoms with Crippen LogP contribution in [-0.4, -0.2) is 16.6 Å². The van der Waals surface area contributed by atoms with Gasteiger partial charge in [0.25, 0.3) is 0 Å². The molecule has 0 spiro atoms. The van der Waals surface area contributed by atoms with Crippen LogP contribution in [0.5, 0.6) is 0 Å². The van der Waals surface area contributed by atoms with Crippen molar-refractivity contribution in [2.24, 2.45) is 0 Å². The number of carbonyl (C=O) groups is 1. The topological polar surface area (TPSA) is 42.1 Å². The first-order chi connectivity index (χ1) is 5.49. The van der Waals surface area contributed by atoms with Gasteiger partial charge in [-0.3, -0.25) is 0 Å². The van der Waals surface area contributed by atoms with E-state index in [0.717, 1.165) is 0 Å². The Bertz CT molecular complexity index is 257. The first-order valence-electron chi connectivity index (χ1n) is 3.85. The third kappa shape index (κ3) is 2.42. The van der Waals surface area contributed by atoms with Crippen LogP contribution in [0.4, 0.5) is 0 Å². The zero-order chi connectivity index (χ0) is 9.19. The molecule has 3 heteroatoms. The molecule has 1 aromatic rings. The van der Waals surface area contributed by atoms with Gasteiger partial charge in [0.05, 0.1) is 5.56 Å². The maximum Gasteiger partial charge on any atom is 0.340 e. The summed E-state index contributed by atoms with van der Waals surface area (Å²) in [6, 6.07) is 1.69. The number of aromatic amines is 1. The van der Waals surface area contributed by atoms with Crippen LogP contribution in [0.15, 0.2) is 18.5 Å². The third-order valence-electron chi connectivity index (χ3n) is 1.23. The number of carbonyl (C=O) groups excluding carboxylic acids is 1. The van der Waals surface area contributed by atoms with Gasteiger partial charge < -0.3 is 9.72 Å². The lowest BCUT2D eigenvalue weighted by Crippen LogP contribution is -2.23. The van der Waals surface area contributed by atoms with Gasteiger partial charge in [-0.25, -0.2) is 4.79 Å². The number of hydrogen-bond donors (Lipinski definition) is 1. The van der Waals surface area contributed by atoms with Gasteiger partial charge in [-0.2, -0.15) is 0 Å². The molecule has 0 aliphatic heterocycles. The molecule has 0 aliphatic carbocycles. The molecule has 0 unspecified atom stereocenters. The molecule has 66 valence electrons. The van der Waals surface area contributed by atoms with Crippen molar-refractivity contribution in [3.63, 3.8) is 0 Å². The van der Waals surface area contributed by atoms with E-state index in [1.54, 1.807) is 18.5 Å². The molecule has 0 atom stereocenters. The molecule has 0 bridgehead atoms. The van der Waals surface area contributed by atoms with Crippen molar-refractivity contribution in [3.8, 4) is 0 Å². The molecule has 0 amide bonds. The third-order valence-corrected chi connectivity index (χ3v) is 1.23. The average molecular weight is 167 g/mol. The Morgan fingerprint density at radius 3 is 2.58 bits per heavy atom. The summed E-state index contributed by atoms with van der Waals surface area (Å²) in [5.74, 6) is -0.288. The van der Waals surface area contributed by atoms with Crippen LogP contribution in [0, 0.1) is 0 Å². The standard InChI is InChI=1S/C9H13NO2/c1-9(2,3)12-8(11)7-4-5-10-6-7/h4-6,10H,1-3H3. The second-order valence-electron chi connectivity index (χ2n) is 3.60. The van der Waals surface area contributed by atoms with E-state index in [9.17, 15) is 4.79 Å². The van der Waals surface area contributed by atoms with Crippen LogP contribution >= 0.6 is 0 Å². The molecule has 1 N–H and O–H groups in total. The largest absolute Gasteiger partial charge is 0.456 e. The molecule has 3 nitrogen and oxygen atoms in total. The summed E-state index contributed by atoms with van der Waals surface area (Å²) >= 11 is 0. The van der Waals surface area contributed by atoms with E-state index in [4.69, 9.17) is 4.74 Å². The average Bonchev–Trinajstić information content (AvgIpc) is 2.32. The fraction of sp³-hybridized carbons (Fsp3) is 0.444. The zero-order valence-corrected chi connectivity index (χ0v) is 7.55. The molecular weight excluding hydrogens is 154 g/mol. The highest BCUT2D eigenvalue weighted by atomic mass is 16.6. The van der Waals surface area contributed by atoms with E-state index < -0.39 is 5.60 Å². The van der Waals surface area contributed by atoms with E-state index in [0.29, 0.717) is 5.56 Å². The Labute approximate surface area is 71.7 Å². The zero-order valence-electron chi connectivity index (χ0n) is 7.55. The summed E-state index contributed by atoms with van der Waals surface area (Å²) in [7, 11) is 0. The number of rotatable bonds is 1. The van der Waals surface area contributed by atoms with Crippen LogP contribution in [0.3, 0.4) is 0 Å². The molecular formula is C9H13NO2. The number of aromatic nitrogens is 1. The summed E-state index contributed by atoms with van der Waals surface area (Å²) in [5.41, 5.74) is 0.138. The van der Waals surface area contributed by atoms with Gasteiger partial charge in [0.1, 0.15) is 5.60 Å². The van der Waals surface area contributed by atoms with Crippen molar-refractivity contribution in [1.82, 2.24) is 4.98 Å². The van der Waals surface area contributed by atoms with Crippen molar-refractivity contribution in [3.05, 3.63) is 24.0 Å². The normalized spacial score (nSPS) is 11.2. The van der Waals surface area contributed by atoms with Crippen molar-refractivity contribution in [2.75, 3.05) is 0 Å². The number of hydrogen-bond acceptors (Lipinski definition) is 2. The summed E-state index contributed by atoms with van der Waals surface area (Å²) < 4.78 is 5.12. The SMILES string of the molecule is CC(C)(C)OC(=O)c1cc[nH]c1. The molecule has 0 aliphatic rings. The van der Waals surface area contributed by atoms with E-state index in [1.165, 1.54) is 0 Å². The minimum atomic E-state index is -0.422. The monoisotopic (exact) mass is 167 g/mol. The quantitative estimate of drug-likeness (QED) is 0.650. The van der Waals surface area contributed by atoms with Crippen LogP contribution < -0.4 is 0 Å². The Kier molecular flexibility index (Phi) is 2.22. The summed E-state index contributed by atoms with van der Waals surface area (Å²) in [6.45, 7) is 5.53. The Balaban J connectivity index is 2.63. The lowest BCUT2D eigenvalue weighted by atomic mass is 10.2. The van der Waals surface area contributed by atoms with Gasteiger partial charge in [0.15, 0.2) is 0 Å². The highest BCUT2D eigenvalue weighted by Crippen LogP contribution is 2.10. The number of H-pyrrole nitrogens is 1. The molecule has 12 heavy (non-hydrogen) atoms. The molecule has 1 heterocycles.